The minimum absolute atomic E-state index is 0.201. The van der Waals surface area contributed by atoms with E-state index in [-0.39, 0.29) is 6.04 Å². The minimum atomic E-state index is 0.201. The molecule has 100 valence electrons. The third-order valence-corrected chi connectivity index (χ3v) is 3.66. The van der Waals surface area contributed by atoms with E-state index in [1.165, 1.54) is 18.4 Å². The highest BCUT2D eigenvalue weighted by molar-refractivity contribution is 5.18. The fraction of sp³-hybridized carbons (Fsp3) is 0.643. The monoisotopic (exact) mass is 249 g/mol. The lowest BCUT2D eigenvalue weighted by molar-refractivity contribution is 0.115. The number of hydrogen-bond donors (Lipinski definition) is 1. The van der Waals surface area contributed by atoms with Gasteiger partial charge in [0.1, 0.15) is 0 Å². The number of pyridine rings is 1. The second-order valence-corrected chi connectivity index (χ2v) is 4.91. The van der Waals surface area contributed by atoms with Gasteiger partial charge in [0.2, 0.25) is 0 Å². The van der Waals surface area contributed by atoms with Crippen molar-refractivity contribution in [2.45, 2.75) is 31.3 Å². The van der Waals surface area contributed by atoms with Crippen molar-refractivity contribution in [3.05, 3.63) is 30.1 Å². The fourth-order valence-electron chi connectivity index (χ4n) is 2.74. The molecule has 18 heavy (non-hydrogen) atoms. The Morgan fingerprint density at radius 2 is 2.17 bits per heavy atom. The first-order valence-corrected chi connectivity index (χ1v) is 6.71. The first-order chi connectivity index (χ1) is 8.83. The summed E-state index contributed by atoms with van der Waals surface area (Å²) in [6, 6.07) is 4.66. The van der Waals surface area contributed by atoms with Crippen LogP contribution in [0.3, 0.4) is 0 Å². The largest absolute Gasteiger partial charge is 0.383 e. The number of nitrogens with zero attached hydrogens (tertiary/aromatic N) is 2. The summed E-state index contributed by atoms with van der Waals surface area (Å²) in [5.41, 5.74) is 7.64. The molecule has 1 saturated heterocycles. The molecule has 1 fully saturated rings. The molecule has 1 aromatic rings. The molecule has 2 unspecified atom stereocenters. The average Bonchev–Trinajstić information content (AvgIpc) is 2.59. The molecule has 0 radical (unpaired) electrons. The molecule has 0 aromatic carbocycles. The van der Waals surface area contributed by atoms with Gasteiger partial charge in [-0.3, -0.25) is 9.88 Å². The highest BCUT2D eigenvalue weighted by atomic mass is 16.5. The van der Waals surface area contributed by atoms with E-state index in [1.54, 1.807) is 7.11 Å². The maximum absolute atomic E-state index is 6.37. The summed E-state index contributed by atoms with van der Waals surface area (Å²) in [4.78, 5) is 6.55. The Bertz CT molecular complexity index is 344. The van der Waals surface area contributed by atoms with Crippen molar-refractivity contribution in [2.24, 2.45) is 5.73 Å². The maximum Gasteiger partial charge on any atom is 0.0589 e. The van der Waals surface area contributed by atoms with Crippen LogP contribution in [0.4, 0.5) is 0 Å². The van der Waals surface area contributed by atoms with Gasteiger partial charge in [-0.05, 0) is 37.1 Å². The summed E-state index contributed by atoms with van der Waals surface area (Å²) in [6.07, 6.45) is 7.23. The summed E-state index contributed by atoms with van der Waals surface area (Å²) >= 11 is 0. The van der Waals surface area contributed by atoms with Gasteiger partial charge in [0.15, 0.2) is 0 Å². The predicted octanol–water partition coefficient (Wildman–Crippen LogP) is 1.58. The number of aromatic nitrogens is 1. The molecule has 4 nitrogen and oxygen atoms in total. The van der Waals surface area contributed by atoms with E-state index in [1.807, 2.05) is 12.4 Å². The van der Waals surface area contributed by atoms with Crippen LogP contribution in [0.15, 0.2) is 24.5 Å². The van der Waals surface area contributed by atoms with Gasteiger partial charge in [0.25, 0.3) is 0 Å². The van der Waals surface area contributed by atoms with Crippen molar-refractivity contribution in [3.63, 3.8) is 0 Å². The summed E-state index contributed by atoms with van der Waals surface area (Å²) in [7, 11) is 1.75. The molecule has 4 heteroatoms. The van der Waals surface area contributed by atoms with Crippen molar-refractivity contribution < 1.29 is 4.74 Å². The number of likely N-dealkylation sites (tertiary alicyclic amines) is 1. The quantitative estimate of drug-likeness (QED) is 0.880. The van der Waals surface area contributed by atoms with Gasteiger partial charge >= 0.3 is 0 Å². The van der Waals surface area contributed by atoms with E-state index in [9.17, 15) is 0 Å². The van der Waals surface area contributed by atoms with Crippen LogP contribution in [0.1, 0.15) is 30.9 Å². The molecule has 2 rings (SSSR count). The Hall–Kier alpha value is -0.970. The van der Waals surface area contributed by atoms with Gasteiger partial charge in [-0.1, -0.05) is 6.42 Å². The summed E-state index contributed by atoms with van der Waals surface area (Å²) < 4.78 is 5.21. The van der Waals surface area contributed by atoms with Crippen LogP contribution in [0.2, 0.25) is 0 Å². The number of hydrogen-bond acceptors (Lipinski definition) is 4. The smallest absolute Gasteiger partial charge is 0.0589 e. The molecule has 1 aromatic heterocycles. The van der Waals surface area contributed by atoms with Crippen molar-refractivity contribution in [2.75, 3.05) is 26.8 Å². The Morgan fingerprint density at radius 1 is 1.39 bits per heavy atom. The highest BCUT2D eigenvalue weighted by Crippen LogP contribution is 2.28. The topological polar surface area (TPSA) is 51.4 Å². The zero-order chi connectivity index (χ0) is 12.8. The molecule has 0 aliphatic carbocycles. The van der Waals surface area contributed by atoms with E-state index < -0.39 is 0 Å². The molecule has 0 saturated carbocycles. The number of rotatable bonds is 4. The molecule has 0 amide bonds. The Morgan fingerprint density at radius 3 is 2.89 bits per heavy atom. The van der Waals surface area contributed by atoms with Gasteiger partial charge in [-0.15, -0.1) is 0 Å². The van der Waals surface area contributed by atoms with E-state index in [0.29, 0.717) is 6.04 Å². The predicted molar refractivity (Wildman–Crippen MR) is 72.3 cm³/mol. The van der Waals surface area contributed by atoms with Crippen molar-refractivity contribution >= 4 is 0 Å². The molecule has 2 atom stereocenters. The summed E-state index contributed by atoms with van der Waals surface area (Å²) in [5.74, 6) is 0. The average molecular weight is 249 g/mol. The minimum Gasteiger partial charge on any atom is -0.383 e. The van der Waals surface area contributed by atoms with Crippen LogP contribution in [0.5, 0.6) is 0 Å². The van der Waals surface area contributed by atoms with Crippen LogP contribution in [-0.4, -0.2) is 42.7 Å². The van der Waals surface area contributed by atoms with E-state index in [4.69, 9.17) is 10.5 Å². The van der Waals surface area contributed by atoms with Crippen LogP contribution in [0, 0.1) is 0 Å². The molecule has 2 heterocycles. The summed E-state index contributed by atoms with van der Waals surface area (Å²) in [6.45, 7) is 2.80. The van der Waals surface area contributed by atoms with Crippen molar-refractivity contribution in [1.82, 2.24) is 9.88 Å². The highest BCUT2D eigenvalue weighted by Gasteiger charge is 2.28. The van der Waals surface area contributed by atoms with Crippen LogP contribution in [-0.2, 0) is 4.74 Å². The SMILES string of the molecule is COCCN1CCCCC(N)C1c1ccncc1. The van der Waals surface area contributed by atoms with Crippen molar-refractivity contribution in [1.29, 1.82) is 0 Å². The van der Waals surface area contributed by atoms with E-state index in [0.717, 1.165) is 26.1 Å². The first-order valence-electron chi connectivity index (χ1n) is 6.71. The third kappa shape index (κ3) is 3.28. The molecule has 1 aliphatic heterocycles. The molecule has 2 N–H and O–H groups in total. The van der Waals surface area contributed by atoms with Crippen LogP contribution in [0.25, 0.3) is 0 Å². The number of nitrogens with two attached hydrogens (primary N) is 1. The fourth-order valence-corrected chi connectivity index (χ4v) is 2.74. The Balaban J connectivity index is 2.18. The van der Waals surface area contributed by atoms with E-state index >= 15 is 0 Å². The third-order valence-electron chi connectivity index (χ3n) is 3.66. The van der Waals surface area contributed by atoms with Crippen LogP contribution >= 0.6 is 0 Å². The first kappa shape index (κ1) is 13.5. The van der Waals surface area contributed by atoms with Gasteiger partial charge < -0.3 is 10.5 Å². The normalized spacial score (nSPS) is 25.9. The Labute approximate surface area is 109 Å². The molecule has 1 aliphatic rings. The summed E-state index contributed by atoms with van der Waals surface area (Å²) in [5, 5.41) is 0. The van der Waals surface area contributed by atoms with Gasteiger partial charge in [0, 0.05) is 32.1 Å². The zero-order valence-electron chi connectivity index (χ0n) is 11.1. The second-order valence-electron chi connectivity index (χ2n) is 4.91. The molecular formula is C14H23N3O. The molecular weight excluding hydrogens is 226 g/mol. The molecule has 0 spiro atoms. The Kier molecular flexibility index (Phi) is 5.11. The lowest BCUT2D eigenvalue weighted by atomic mass is 9.97. The maximum atomic E-state index is 6.37. The number of methoxy groups -OCH3 is 1. The second kappa shape index (κ2) is 6.83. The van der Waals surface area contributed by atoms with Crippen molar-refractivity contribution in [3.8, 4) is 0 Å². The van der Waals surface area contributed by atoms with Crippen LogP contribution < -0.4 is 5.73 Å². The zero-order valence-corrected chi connectivity index (χ0v) is 11.1. The lowest BCUT2D eigenvalue weighted by Gasteiger charge is -2.33. The number of ether oxygens (including phenoxy) is 1. The van der Waals surface area contributed by atoms with E-state index in [2.05, 4.69) is 22.0 Å². The van der Waals surface area contributed by atoms with Gasteiger partial charge in [-0.2, -0.15) is 0 Å². The lowest BCUT2D eigenvalue weighted by Crippen LogP contribution is -2.41. The van der Waals surface area contributed by atoms with Gasteiger partial charge in [0.05, 0.1) is 12.6 Å². The molecule has 0 bridgehead atoms. The standard InChI is InChI=1S/C14H23N3O/c1-18-11-10-17-9-3-2-4-13(15)14(17)12-5-7-16-8-6-12/h5-8,13-14H,2-4,9-11,15H2,1H3. The van der Waals surface area contributed by atoms with Gasteiger partial charge in [-0.25, -0.2) is 0 Å².